The molecular weight excluding hydrogens is 398 g/mol. The molecule has 0 bridgehead atoms. The molecule has 2 aromatic carbocycles. The van der Waals surface area contributed by atoms with Crippen molar-refractivity contribution in [3.8, 4) is 0 Å². The van der Waals surface area contributed by atoms with Crippen molar-refractivity contribution in [3.05, 3.63) is 59.7 Å². The van der Waals surface area contributed by atoms with E-state index in [1.54, 1.807) is 12.0 Å². The van der Waals surface area contributed by atoms with Crippen molar-refractivity contribution in [2.45, 2.75) is 31.9 Å². The molecule has 3 rings (SSSR count). The number of nitrogens with zero attached hydrogens (tertiary/aromatic N) is 2. The van der Waals surface area contributed by atoms with E-state index < -0.39 is 5.25 Å². The number of benzene rings is 2. The molecule has 1 N–H and O–H groups in total. The highest BCUT2D eigenvalue weighted by Gasteiger charge is 2.38. The van der Waals surface area contributed by atoms with E-state index in [1.165, 1.54) is 11.8 Å². The average Bonchev–Trinajstić information content (AvgIpc) is 3.00. The van der Waals surface area contributed by atoms with Crippen molar-refractivity contribution in [2.24, 2.45) is 4.99 Å². The number of methoxy groups -OCH3 is 1. The zero-order chi connectivity index (χ0) is 21.5. The van der Waals surface area contributed by atoms with E-state index in [0.717, 1.165) is 22.5 Å². The minimum Gasteiger partial charge on any atom is -0.385 e. The third-order valence-corrected chi connectivity index (χ3v) is 5.96. The smallest absolute Gasteiger partial charge is 0.242 e. The van der Waals surface area contributed by atoms with Crippen LogP contribution in [0.1, 0.15) is 24.0 Å². The van der Waals surface area contributed by atoms with E-state index >= 15 is 0 Å². The van der Waals surface area contributed by atoms with Gasteiger partial charge in [-0.25, -0.2) is 4.99 Å². The lowest BCUT2D eigenvalue weighted by Gasteiger charge is -2.16. The normalized spacial score (nSPS) is 17.6. The minimum atomic E-state index is -0.485. The van der Waals surface area contributed by atoms with Crippen LogP contribution in [-0.4, -0.2) is 47.4 Å². The number of amidine groups is 1. The lowest BCUT2D eigenvalue weighted by molar-refractivity contribution is -0.128. The van der Waals surface area contributed by atoms with Gasteiger partial charge in [0, 0.05) is 32.4 Å². The van der Waals surface area contributed by atoms with Gasteiger partial charge in [-0.3, -0.25) is 14.5 Å². The molecule has 0 aliphatic carbocycles. The fourth-order valence-corrected chi connectivity index (χ4v) is 4.28. The number of aliphatic imine (C=N–C) groups is 1. The average molecular weight is 426 g/mol. The van der Waals surface area contributed by atoms with Crippen molar-refractivity contribution in [2.75, 3.05) is 25.6 Å². The van der Waals surface area contributed by atoms with Crippen molar-refractivity contribution in [3.63, 3.8) is 0 Å². The number of carbonyl (C=O) groups excluding carboxylic acids is 2. The fraction of sp³-hybridized carbons (Fsp3) is 0.348. The number of hydrogen-bond donors (Lipinski definition) is 1. The van der Waals surface area contributed by atoms with E-state index in [0.29, 0.717) is 24.7 Å². The molecule has 1 fully saturated rings. The van der Waals surface area contributed by atoms with Crippen molar-refractivity contribution < 1.29 is 14.3 Å². The largest absolute Gasteiger partial charge is 0.385 e. The topological polar surface area (TPSA) is 71.0 Å². The molecule has 0 spiro atoms. The third-order valence-electron chi connectivity index (χ3n) is 4.79. The Kier molecular flexibility index (Phi) is 7.65. The summed E-state index contributed by atoms with van der Waals surface area (Å²) in [6.07, 6.45) is 0.808. The quantitative estimate of drug-likeness (QED) is 0.640. The number of rotatable bonds is 8. The number of hydrogen-bond acceptors (Lipinski definition) is 5. The van der Waals surface area contributed by atoms with Crippen molar-refractivity contribution in [1.29, 1.82) is 0 Å². The molecule has 30 heavy (non-hydrogen) atoms. The molecular formula is C23H27N3O3S. The van der Waals surface area contributed by atoms with E-state index in [1.807, 2.05) is 62.4 Å². The first-order chi connectivity index (χ1) is 14.5. The molecule has 0 saturated carbocycles. The number of para-hydroxylation sites is 1. The summed E-state index contributed by atoms with van der Waals surface area (Å²) in [5, 5.41) is 3.03. The van der Waals surface area contributed by atoms with E-state index in [-0.39, 0.29) is 18.2 Å². The molecule has 158 valence electrons. The van der Waals surface area contributed by atoms with Crippen molar-refractivity contribution >= 4 is 40.1 Å². The SMILES string of the molecule is COCCCN1C(=O)[C@H](CC(=O)Nc2ccc(C)cc2)SC1=Nc1ccccc1C. The van der Waals surface area contributed by atoms with Gasteiger partial charge in [0.15, 0.2) is 5.17 Å². The summed E-state index contributed by atoms with van der Waals surface area (Å²) in [6.45, 7) is 5.06. The predicted octanol–water partition coefficient (Wildman–Crippen LogP) is 4.30. The molecule has 2 amide bonds. The van der Waals surface area contributed by atoms with E-state index in [4.69, 9.17) is 9.73 Å². The second kappa shape index (κ2) is 10.4. The van der Waals surface area contributed by atoms with Crippen LogP contribution in [0, 0.1) is 13.8 Å². The van der Waals surface area contributed by atoms with Crippen LogP contribution in [0.2, 0.25) is 0 Å². The number of ether oxygens (including phenoxy) is 1. The molecule has 0 unspecified atom stereocenters. The molecule has 0 radical (unpaired) electrons. The summed E-state index contributed by atoms with van der Waals surface area (Å²) in [5.74, 6) is -0.263. The van der Waals surface area contributed by atoms with Crippen LogP contribution in [0.15, 0.2) is 53.5 Å². The molecule has 1 aliphatic heterocycles. The van der Waals surface area contributed by atoms with Gasteiger partial charge in [-0.15, -0.1) is 0 Å². The van der Waals surface area contributed by atoms with Gasteiger partial charge in [0.05, 0.1) is 5.69 Å². The first kappa shape index (κ1) is 22.1. The number of thioether (sulfide) groups is 1. The second-order valence-corrected chi connectivity index (χ2v) is 8.41. The maximum atomic E-state index is 13.0. The molecule has 0 aromatic heterocycles. The van der Waals surface area contributed by atoms with Crippen LogP contribution in [0.3, 0.4) is 0 Å². The van der Waals surface area contributed by atoms with Crippen LogP contribution >= 0.6 is 11.8 Å². The van der Waals surface area contributed by atoms with Crippen LogP contribution < -0.4 is 5.32 Å². The number of carbonyl (C=O) groups is 2. The van der Waals surface area contributed by atoms with Gasteiger partial charge in [0.2, 0.25) is 11.8 Å². The van der Waals surface area contributed by atoms with Crippen LogP contribution in [0.25, 0.3) is 0 Å². The van der Waals surface area contributed by atoms with Crippen molar-refractivity contribution in [1.82, 2.24) is 4.90 Å². The van der Waals surface area contributed by atoms with Gasteiger partial charge in [-0.05, 0) is 44.0 Å². The Bertz CT molecular complexity index is 928. The Hall–Kier alpha value is -2.64. The summed E-state index contributed by atoms with van der Waals surface area (Å²) in [7, 11) is 1.64. The van der Waals surface area contributed by atoms with Gasteiger partial charge in [0.1, 0.15) is 5.25 Å². The Morgan fingerprint density at radius 2 is 1.90 bits per heavy atom. The molecule has 6 nitrogen and oxygen atoms in total. The summed E-state index contributed by atoms with van der Waals surface area (Å²) in [5.41, 5.74) is 3.72. The van der Waals surface area contributed by atoms with Gasteiger partial charge < -0.3 is 10.1 Å². The van der Waals surface area contributed by atoms with Crippen LogP contribution in [0.4, 0.5) is 11.4 Å². The Morgan fingerprint density at radius 1 is 1.17 bits per heavy atom. The molecule has 1 atom stereocenters. The molecule has 1 saturated heterocycles. The number of anilines is 1. The van der Waals surface area contributed by atoms with E-state index in [2.05, 4.69) is 5.32 Å². The molecule has 2 aromatic rings. The summed E-state index contributed by atoms with van der Waals surface area (Å²) >= 11 is 1.35. The highest BCUT2D eigenvalue weighted by atomic mass is 32.2. The summed E-state index contributed by atoms with van der Waals surface area (Å²) < 4.78 is 5.13. The first-order valence-electron chi connectivity index (χ1n) is 9.95. The zero-order valence-corrected chi connectivity index (χ0v) is 18.4. The Morgan fingerprint density at radius 3 is 2.60 bits per heavy atom. The predicted molar refractivity (Wildman–Crippen MR) is 122 cm³/mol. The first-order valence-corrected chi connectivity index (χ1v) is 10.8. The van der Waals surface area contributed by atoms with Crippen LogP contribution in [0.5, 0.6) is 0 Å². The summed E-state index contributed by atoms with van der Waals surface area (Å²) in [4.78, 5) is 32.0. The summed E-state index contributed by atoms with van der Waals surface area (Å²) in [6, 6.07) is 15.4. The maximum absolute atomic E-state index is 13.0. The lowest BCUT2D eigenvalue weighted by Crippen LogP contribution is -2.34. The van der Waals surface area contributed by atoms with Crippen LogP contribution in [-0.2, 0) is 14.3 Å². The molecule has 1 heterocycles. The standard InChI is InChI=1S/C23H27N3O3S/c1-16-9-11-18(12-10-16)24-21(27)15-20-22(28)26(13-6-14-29-3)23(30-20)25-19-8-5-4-7-17(19)2/h4-5,7-12,20H,6,13-15H2,1-3H3,(H,24,27)/t20-/m0/s1. The van der Waals surface area contributed by atoms with E-state index in [9.17, 15) is 9.59 Å². The van der Waals surface area contributed by atoms with Gasteiger partial charge >= 0.3 is 0 Å². The number of nitrogens with one attached hydrogen (secondary N) is 1. The zero-order valence-electron chi connectivity index (χ0n) is 17.6. The minimum absolute atomic E-state index is 0.0810. The number of amides is 2. The number of aryl methyl sites for hydroxylation is 2. The van der Waals surface area contributed by atoms with Gasteiger partial charge in [-0.2, -0.15) is 0 Å². The van der Waals surface area contributed by atoms with Gasteiger partial charge in [-0.1, -0.05) is 47.7 Å². The Balaban J connectivity index is 1.73. The fourth-order valence-electron chi connectivity index (χ4n) is 3.11. The monoisotopic (exact) mass is 425 g/mol. The lowest BCUT2D eigenvalue weighted by atomic mass is 10.2. The highest BCUT2D eigenvalue weighted by molar-refractivity contribution is 8.15. The maximum Gasteiger partial charge on any atom is 0.242 e. The van der Waals surface area contributed by atoms with Gasteiger partial charge in [0.25, 0.3) is 0 Å². The Labute approximate surface area is 181 Å². The highest BCUT2D eigenvalue weighted by Crippen LogP contribution is 2.32. The third kappa shape index (κ3) is 5.70. The molecule has 1 aliphatic rings. The molecule has 7 heteroatoms. The second-order valence-electron chi connectivity index (χ2n) is 7.24.